The SMILES string of the molecule is CCOc1ccc(N2C(=O)CC(N(C(C)c3ccccc3)S(=O)(=O)c3ccc(Br)cc3)C2=O)cc1. The molecule has 7 nitrogen and oxygen atoms in total. The number of rotatable bonds is 8. The highest BCUT2D eigenvalue weighted by Crippen LogP contribution is 2.36. The highest BCUT2D eigenvalue weighted by molar-refractivity contribution is 9.10. The van der Waals surface area contributed by atoms with Crippen molar-refractivity contribution < 1.29 is 22.7 Å². The van der Waals surface area contributed by atoms with Gasteiger partial charge in [-0.15, -0.1) is 0 Å². The minimum atomic E-state index is -4.13. The maximum Gasteiger partial charge on any atom is 0.252 e. The van der Waals surface area contributed by atoms with E-state index in [1.807, 2.05) is 25.1 Å². The van der Waals surface area contributed by atoms with Crippen LogP contribution in [0.25, 0.3) is 0 Å². The third kappa shape index (κ3) is 5.03. The van der Waals surface area contributed by atoms with Crippen LogP contribution < -0.4 is 9.64 Å². The maximum absolute atomic E-state index is 13.9. The molecule has 9 heteroatoms. The summed E-state index contributed by atoms with van der Waals surface area (Å²) in [6.07, 6.45) is -0.251. The first-order valence-corrected chi connectivity index (χ1v) is 13.4. The van der Waals surface area contributed by atoms with Gasteiger partial charge in [-0.1, -0.05) is 46.3 Å². The molecule has 1 heterocycles. The van der Waals surface area contributed by atoms with E-state index in [4.69, 9.17) is 4.74 Å². The summed E-state index contributed by atoms with van der Waals surface area (Å²) in [5, 5.41) is 0. The second-order valence-electron chi connectivity index (χ2n) is 8.09. The fourth-order valence-electron chi connectivity index (χ4n) is 4.20. The molecule has 4 rings (SSSR count). The summed E-state index contributed by atoms with van der Waals surface area (Å²) in [5.41, 5.74) is 1.09. The number of nitrogens with zero attached hydrogens (tertiary/aromatic N) is 2. The Morgan fingerprint density at radius 2 is 1.63 bits per heavy atom. The summed E-state index contributed by atoms with van der Waals surface area (Å²) >= 11 is 3.32. The molecule has 2 atom stereocenters. The number of hydrogen-bond donors (Lipinski definition) is 0. The Balaban J connectivity index is 1.75. The van der Waals surface area contributed by atoms with Gasteiger partial charge in [-0.2, -0.15) is 4.31 Å². The predicted molar refractivity (Wildman–Crippen MR) is 137 cm³/mol. The number of ether oxygens (including phenoxy) is 1. The highest BCUT2D eigenvalue weighted by Gasteiger charge is 2.48. The van der Waals surface area contributed by atoms with Gasteiger partial charge in [0.25, 0.3) is 5.91 Å². The number of sulfonamides is 1. The van der Waals surface area contributed by atoms with Crippen molar-refractivity contribution in [2.45, 2.75) is 37.2 Å². The topological polar surface area (TPSA) is 84.0 Å². The van der Waals surface area contributed by atoms with Gasteiger partial charge < -0.3 is 4.74 Å². The summed E-state index contributed by atoms with van der Waals surface area (Å²) in [7, 11) is -4.13. The zero-order chi connectivity index (χ0) is 25.2. The van der Waals surface area contributed by atoms with Crippen LogP contribution in [0.4, 0.5) is 5.69 Å². The molecule has 0 saturated carbocycles. The van der Waals surface area contributed by atoms with Gasteiger partial charge in [-0.25, -0.2) is 13.3 Å². The van der Waals surface area contributed by atoms with E-state index in [1.54, 1.807) is 55.5 Å². The van der Waals surface area contributed by atoms with Gasteiger partial charge in [0, 0.05) is 10.5 Å². The summed E-state index contributed by atoms with van der Waals surface area (Å²) < 4.78 is 35.1. The van der Waals surface area contributed by atoms with Crippen LogP contribution in [0.3, 0.4) is 0 Å². The molecule has 1 fully saturated rings. The van der Waals surface area contributed by atoms with Crippen molar-refractivity contribution >= 4 is 43.5 Å². The summed E-state index contributed by atoms with van der Waals surface area (Å²) in [4.78, 5) is 27.7. The number of anilines is 1. The molecule has 0 aromatic heterocycles. The number of benzene rings is 3. The van der Waals surface area contributed by atoms with Gasteiger partial charge in [-0.3, -0.25) is 9.59 Å². The Morgan fingerprint density at radius 3 is 2.23 bits per heavy atom. The number of amides is 2. The van der Waals surface area contributed by atoms with E-state index >= 15 is 0 Å². The summed E-state index contributed by atoms with van der Waals surface area (Å²) in [5.74, 6) is -0.424. The van der Waals surface area contributed by atoms with Crippen LogP contribution in [0.15, 0.2) is 88.2 Å². The molecule has 1 aliphatic rings. The molecule has 35 heavy (non-hydrogen) atoms. The van der Waals surface area contributed by atoms with E-state index < -0.39 is 33.9 Å². The number of halogens is 1. The standard InChI is InChI=1S/C26H25BrN2O5S/c1-3-34-22-13-11-21(12-14-22)28-25(30)17-24(26(28)31)29(18(2)19-7-5-4-6-8-19)35(32,33)23-15-9-20(27)10-16-23/h4-16,18,24H,3,17H2,1-2H3. The Bertz CT molecular complexity index is 1310. The van der Waals surface area contributed by atoms with Crippen molar-refractivity contribution in [3.63, 3.8) is 0 Å². The van der Waals surface area contributed by atoms with Crippen molar-refractivity contribution in [1.29, 1.82) is 0 Å². The monoisotopic (exact) mass is 556 g/mol. The van der Waals surface area contributed by atoms with Gasteiger partial charge in [0.15, 0.2) is 0 Å². The number of carbonyl (C=O) groups is 2. The third-order valence-electron chi connectivity index (χ3n) is 5.89. The fourth-order valence-corrected chi connectivity index (χ4v) is 6.22. The number of hydrogen-bond acceptors (Lipinski definition) is 5. The molecule has 0 radical (unpaired) electrons. The summed E-state index contributed by atoms with van der Waals surface area (Å²) in [6, 6.07) is 20.0. The van der Waals surface area contributed by atoms with Gasteiger partial charge in [0.2, 0.25) is 15.9 Å². The van der Waals surface area contributed by atoms with Gasteiger partial charge >= 0.3 is 0 Å². The van der Waals surface area contributed by atoms with Crippen LogP contribution in [0.5, 0.6) is 5.75 Å². The molecule has 2 amide bonds. The lowest BCUT2D eigenvalue weighted by molar-refractivity contribution is -0.122. The van der Waals surface area contributed by atoms with E-state index in [-0.39, 0.29) is 11.3 Å². The Kier molecular flexibility index (Phi) is 7.39. The van der Waals surface area contributed by atoms with E-state index in [0.717, 1.165) is 9.37 Å². The molecule has 0 bridgehead atoms. The molecular formula is C26H25BrN2O5S. The Labute approximate surface area is 213 Å². The van der Waals surface area contributed by atoms with Crippen molar-refractivity contribution in [2.75, 3.05) is 11.5 Å². The van der Waals surface area contributed by atoms with Gasteiger partial charge in [0.05, 0.1) is 23.6 Å². The minimum Gasteiger partial charge on any atom is -0.494 e. The first kappa shape index (κ1) is 25.1. The predicted octanol–water partition coefficient (Wildman–Crippen LogP) is 4.93. The lowest BCUT2D eigenvalue weighted by Crippen LogP contribution is -2.46. The molecular weight excluding hydrogens is 532 g/mol. The molecule has 182 valence electrons. The first-order chi connectivity index (χ1) is 16.7. The number of carbonyl (C=O) groups excluding carboxylic acids is 2. The molecule has 0 N–H and O–H groups in total. The quantitative estimate of drug-likeness (QED) is 0.367. The van der Waals surface area contributed by atoms with Gasteiger partial charge in [0.1, 0.15) is 11.8 Å². The molecule has 0 spiro atoms. The minimum absolute atomic E-state index is 0.0447. The zero-order valence-corrected chi connectivity index (χ0v) is 21.7. The largest absolute Gasteiger partial charge is 0.494 e. The zero-order valence-electron chi connectivity index (χ0n) is 19.3. The van der Waals surface area contributed by atoms with Crippen molar-refractivity contribution in [1.82, 2.24) is 4.31 Å². The average Bonchev–Trinajstić information content (AvgIpc) is 3.14. The van der Waals surface area contributed by atoms with Crippen LogP contribution in [0.2, 0.25) is 0 Å². The number of imide groups is 1. The summed E-state index contributed by atoms with van der Waals surface area (Å²) in [6.45, 7) is 4.08. The normalized spacial score (nSPS) is 17.1. The van der Waals surface area contributed by atoms with Crippen LogP contribution in [0, 0.1) is 0 Å². The average molecular weight is 557 g/mol. The van der Waals surface area contributed by atoms with E-state index in [1.165, 1.54) is 16.4 Å². The lowest BCUT2D eigenvalue weighted by Gasteiger charge is -2.32. The molecule has 1 saturated heterocycles. The lowest BCUT2D eigenvalue weighted by atomic mass is 10.1. The molecule has 3 aromatic carbocycles. The highest BCUT2D eigenvalue weighted by atomic mass is 79.9. The molecule has 0 aliphatic carbocycles. The smallest absolute Gasteiger partial charge is 0.252 e. The fraction of sp³-hybridized carbons (Fsp3) is 0.231. The van der Waals surface area contributed by atoms with Crippen molar-refractivity contribution in [3.05, 3.63) is 88.9 Å². The molecule has 3 aromatic rings. The van der Waals surface area contributed by atoms with Crippen LogP contribution in [-0.4, -0.2) is 37.2 Å². The first-order valence-electron chi connectivity index (χ1n) is 11.2. The van der Waals surface area contributed by atoms with Crippen LogP contribution in [0.1, 0.15) is 31.9 Å². The Morgan fingerprint density at radius 1 is 1.00 bits per heavy atom. The Hall–Kier alpha value is -3.01. The third-order valence-corrected chi connectivity index (χ3v) is 8.41. The molecule has 2 unspecified atom stereocenters. The van der Waals surface area contributed by atoms with Crippen molar-refractivity contribution in [3.8, 4) is 5.75 Å². The second kappa shape index (κ2) is 10.3. The molecule has 1 aliphatic heterocycles. The van der Waals surface area contributed by atoms with Crippen LogP contribution >= 0.6 is 15.9 Å². The van der Waals surface area contributed by atoms with E-state index in [2.05, 4.69) is 15.9 Å². The van der Waals surface area contributed by atoms with E-state index in [9.17, 15) is 18.0 Å². The van der Waals surface area contributed by atoms with Crippen molar-refractivity contribution in [2.24, 2.45) is 0 Å². The maximum atomic E-state index is 13.9. The second-order valence-corrected chi connectivity index (χ2v) is 10.8. The van der Waals surface area contributed by atoms with E-state index in [0.29, 0.717) is 23.6 Å². The van der Waals surface area contributed by atoms with Gasteiger partial charge in [-0.05, 0) is 67.9 Å². The van der Waals surface area contributed by atoms with Crippen LogP contribution in [-0.2, 0) is 19.6 Å².